The van der Waals surface area contributed by atoms with E-state index in [4.69, 9.17) is 46.7 Å². The zero-order chi connectivity index (χ0) is 51.1. The Morgan fingerprint density at radius 1 is 0.514 bits per heavy atom. The lowest BCUT2D eigenvalue weighted by Gasteiger charge is -2.51. The molecule has 0 saturated carbocycles. The lowest BCUT2D eigenvalue weighted by Crippen LogP contribution is -2.72. The van der Waals surface area contributed by atoms with Crippen LogP contribution in [0, 0.1) is 0 Å². The Morgan fingerprint density at radius 3 is 1.28 bits per heavy atom. The minimum atomic E-state index is -3.28. The van der Waals surface area contributed by atoms with Crippen molar-refractivity contribution in [2.75, 3.05) is 13.2 Å². The molecular weight excluding hydrogens is 961 g/mol. The fourth-order valence-corrected chi connectivity index (χ4v) is 21.8. The average Bonchev–Trinajstić information content (AvgIpc) is 3.86. The number of hydrogen-bond donors (Lipinski definition) is 0. The number of ether oxygens (including phenoxy) is 8. The highest BCUT2D eigenvalue weighted by Crippen LogP contribution is 2.48. The molecule has 4 aliphatic rings. The molecule has 4 aliphatic heterocycles. The molecule has 72 heavy (non-hydrogen) atoms. The van der Waals surface area contributed by atoms with E-state index in [9.17, 15) is 4.79 Å². The topological polar surface area (TPSA) is 109 Å². The van der Waals surface area contributed by atoms with Crippen LogP contribution in [0.25, 0.3) is 0 Å². The molecule has 5 aromatic carbocycles. The Labute approximate surface area is 432 Å². The summed E-state index contributed by atoms with van der Waals surface area (Å²) in [6, 6.07) is 52.5. The third-order valence-electron chi connectivity index (χ3n) is 14.2. The number of carbonyl (C=O) groups is 1. The van der Waals surface area contributed by atoms with Gasteiger partial charge < -0.3 is 46.7 Å². The summed E-state index contributed by atoms with van der Waals surface area (Å²) in [6.07, 6.45) is -6.42. The summed E-state index contributed by atoms with van der Waals surface area (Å²) in [6.45, 7) is 22.5. The van der Waals surface area contributed by atoms with Crippen LogP contribution >= 0.6 is 11.8 Å². The maximum absolute atomic E-state index is 12.4. The Morgan fingerprint density at radius 2 is 0.875 bits per heavy atom. The summed E-state index contributed by atoms with van der Waals surface area (Å²) in [5.41, 5.74) is -0.578. The number of fused-ring (bicyclic) bond motifs is 2. The minimum absolute atomic E-state index is 0.0194. The second-order valence-corrected chi connectivity index (χ2v) is 32.0. The molecule has 0 aliphatic carbocycles. The van der Waals surface area contributed by atoms with Crippen LogP contribution in [-0.4, -0.2) is 108 Å². The molecule has 0 bridgehead atoms. The van der Waals surface area contributed by atoms with Gasteiger partial charge in [-0.05, 0) is 70.7 Å². The molecule has 0 aromatic heterocycles. The molecule has 0 unspecified atom stereocenters. The first-order valence-electron chi connectivity index (χ1n) is 25.3. The quantitative estimate of drug-likeness (QED) is 0.0740. The molecule has 14 heteroatoms. The molecule has 0 spiro atoms. The van der Waals surface area contributed by atoms with Gasteiger partial charge >= 0.3 is 5.97 Å². The van der Waals surface area contributed by atoms with Gasteiger partial charge in [0.15, 0.2) is 17.9 Å². The molecule has 384 valence electrons. The van der Waals surface area contributed by atoms with Crippen molar-refractivity contribution in [3.63, 3.8) is 0 Å². The van der Waals surface area contributed by atoms with E-state index in [1.165, 1.54) is 6.92 Å². The smallest absolute Gasteiger partial charge is 0.302 e. The number of esters is 1. The predicted octanol–water partition coefficient (Wildman–Crippen LogP) is 8.74. The predicted molar refractivity (Wildman–Crippen MR) is 285 cm³/mol. The largest absolute Gasteiger partial charge is 0.463 e. The number of thioether (sulfide) groups is 1. The molecule has 4 fully saturated rings. The van der Waals surface area contributed by atoms with Gasteiger partial charge in [0.2, 0.25) is 0 Å². The lowest BCUT2D eigenvalue weighted by molar-refractivity contribution is -0.290. The second-order valence-electron chi connectivity index (χ2n) is 22.3. The first kappa shape index (κ1) is 52.8. The van der Waals surface area contributed by atoms with Gasteiger partial charge in [0, 0.05) is 11.8 Å². The summed E-state index contributed by atoms with van der Waals surface area (Å²) in [4.78, 5) is 13.4. The van der Waals surface area contributed by atoms with Crippen molar-refractivity contribution in [2.24, 2.45) is 0 Å². The van der Waals surface area contributed by atoms with Crippen LogP contribution < -0.4 is 20.7 Å². The van der Waals surface area contributed by atoms with Crippen LogP contribution in [0.15, 0.2) is 157 Å². The van der Waals surface area contributed by atoms with E-state index < -0.39 is 99.8 Å². The Hall–Kier alpha value is -4.01. The average molecular weight is 1030 g/mol. The van der Waals surface area contributed by atoms with Gasteiger partial charge in [0.25, 0.3) is 16.6 Å². The Bertz CT molecular complexity index is 2480. The molecule has 9 rings (SSSR count). The van der Waals surface area contributed by atoms with Crippen LogP contribution in [0.2, 0.25) is 10.1 Å². The highest BCUT2D eigenvalue weighted by molar-refractivity contribution is 7.99. The number of carbonyl (C=O) groups excluding carboxylic acids is 1. The van der Waals surface area contributed by atoms with Gasteiger partial charge in [-0.3, -0.25) is 4.79 Å². The van der Waals surface area contributed by atoms with Gasteiger partial charge in [0.1, 0.15) is 60.9 Å². The summed E-state index contributed by atoms with van der Waals surface area (Å²) < 4.78 is 70.7. The first-order chi connectivity index (χ1) is 34.2. The van der Waals surface area contributed by atoms with Crippen LogP contribution in [-0.2, 0) is 51.5 Å². The zero-order valence-electron chi connectivity index (χ0n) is 43.5. The van der Waals surface area contributed by atoms with Crippen LogP contribution in [0.3, 0.4) is 0 Å². The lowest BCUT2D eigenvalue weighted by atomic mass is 9.99. The fraction of sp³-hybridized carbons (Fsp3) is 0.466. The maximum atomic E-state index is 12.4. The van der Waals surface area contributed by atoms with Crippen molar-refractivity contribution in [3.8, 4) is 0 Å². The summed E-state index contributed by atoms with van der Waals surface area (Å²) in [7, 11) is -6.46. The molecule has 0 amide bonds. The summed E-state index contributed by atoms with van der Waals surface area (Å²) in [5.74, 6) is -2.44. The first-order valence-corrected chi connectivity index (χ1v) is 30.0. The molecule has 4 saturated heterocycles. The van der Waals surface area contributed by atoms with Gasteiger partial charge in [-0.1, -0.05) is 193 Å². The number of benzene rings is 5. The molecule has 5 aromatic rings. The zero-order valence-corrected chi connectivity index (χ0v) is 46.3. The Balaban J connectivity index is 1.13. The summed E-state index contributed by atoms with van der Waals surface area (Å²) in [5, 5.41) is 3.74. The van der Waals surface area contributed by atoms with Crippen molar-refractivity contribution in [3.05, 3.63) is 152 Å². The minimum Gasteiger partial charge on any atom is -0.463 e. The van der Waals surface area contributed by atoms with Crippen molar-refractivity contribution < 1.29 is 51.5 Å². The van der Waals surface area contributed by atoms with Crippen molar-refractivity contribution >= 4 is 55.1 Å². The van der Waals surface area contributed by atoms with E-state index in [0.29, 0.717) is 0 Å². The van der Waals surface area contributed by atoms with Crippen molar-refractivity contribution in [1.29, 1.82) is 0 Å². The van der Waals surface area contributed by atoms with Gasteiger partial charge in [-0.25, -0.2) is 0 Å². The highest BCUT2D eigenvalue weighted by Gasteiger charge is 2.63. The number of rotatable bonds is 15. The molecule has 0 N–H and O–H groups in total. The van der Waals surface area contributed by atoms with E-state index in [2.05, 4.69) is 163 Å². The molecule has 11 nitrogen and oxygen atoms in total. The van der Waals surface area contributed by atoms with Crippen LogP contribution in [0.4, 0.5) is 0 Å². The van der Waals surface area contributed by atoms with Gasteiger partial charge in [-0.15, -0.1) is 0 Å². The summed E-state index contributed by atoms with van der Waals surface area (Å²) >= 11 is 1.61. The van der Waals surface area contributed by atoms with Gasteiger partial charge in [-0.2, -0.15) is 0 Å². The monoisotopic (exact) mass is 1030 g/mol. The standard InChI is InChI=1S/C58H72O11SSi2/c1-39(59)60-37-45-47-49(66-57(8,9)64-47)51(68-71(55(2,3)4,41-29-19-13-20-30-41)42-31-21-14-22-32-42)53(62-45)61-38-46-48-50(67-58(10,11)65-48)52(54(63-46)70-40-27-17-12-18-28-40)69-72(56(5,6)7,43-33-23-15-24-34-43)44-35-25-16-26-36-44/h12-36,45-54H,37-38H2,1-11H3/t45-,46-,47+,48+,49+,50+,51-,52-,53+,54+/m1/s1. The van der Waals surface area contributed by atoms with Crippen LogP contribution in [0.1, 0.15) is 76.2 Å². The molecule has 0 radical (unpaired) electrons. The van der Waals surface area contributed by atoms with E-state index in [-0.39, 0.29) is 18.3 Å². The van der Waals surface area contributed by atoms with Crippen molar-refractivity contribution in [1.82, 2.24) is 0 Å². The van der Waals surface area contributed by atoms with E-state index >= 15 is 0 Å². The van der Waals surface area contributed by atoms with Crippen molar-refractivity contribution in [2.45, 2.75) is 163 Å². The SMILES string of the molecule is CC(=O)OC[C@H]1O[C@H](OC[C@H]2O[C@@H](Sc3ccccc3)[C@H](O[Si](c3ccccc3)(c3ccccc3)C(C)(C)C)[C@H]3OC(C)(C)O[C@H]32)[C@H](O[Si](c2ccccc2)(c2ccccc2)C(C)(C)C)[C@H]2OC(C)(C)O[C@H]21. The van der Waals surface area contributed by atoms with Gasteiger partial charge in [0.05, 0.1) is 6.61 Å². The highest BCUT2D eigenvalue weighted by atomic mass is 32.2. The fourth-order valence-electron chi connectivity index (χ4n) is 11.2. The normalized spacial score (nSPS) is 28.2. The Kier molecular flexibility index (Phi) is 15.4. The third kappa shape index (κ3) is 10.6. The van der Waals surface area contributed by atoms with Crippen LogP contribution in [0.5, 0.6) is 0 Å². The molecule has 10 atom stereocenters. The molecular formula is C58H72O11SSi2. The second kappa shape index (κ2) is 21.0. The maximum Gasteiger partial charge on any atom is 0.302 e. The van der Waals surface area contributed by atoms with E-state index in [1.54, 1.807) is 11.8 Å². The van der Waals surface area contributed by atoms with E-state index in [1.807, 2.05) is 58.0 Å². The third-order valence-corrected chi connectivity index (χ3v) is 25.4. The van der Waals surface area contributed by atoms with E-state index in [0.717, 1.165) is 25.6 Å². The number of hydrogen-bond acceptors (Lipinski definition) is 12. The molecule has 4 heterocycles.